The van der Waals surface area contributed by atoms with Gasteiger partial charge in [-0.1, -0.05) is 37.6 Å². The zero-order chi connectivity index (χ0) is 25.4. The molecule has 0 aliphatic carbocycles. The Bertz CT molecular complexity index is 1190. The van der Waals surface area contributed by atoms with Gasteiger partial charge in [-0.2, -0.15) is 0 Å². The van der Waals surface area contributed by atoms with Gasteiger partial charge >= 0.3 is 0 Å². The number of nitrogens with one attached hydrogen (secondary N) is 2. The van der Waals surface area contributed by atoms with Gasteiger partial charge in [-0.15, -0.1) is 0 Å². The molecule has 2 aromatic carbocycles. The number of aliphatic hydroxyl groups excluding tert-OH is 1. The Labute approximate surface area is 210 Å². The van der Waals surface area contributed by atoms with E-state index in [4.69, 9.17) is 0 Å². The Morgan fingerprint density at radius 1 is 1.14 bits per heavy atom. The number of benzene rings is 2. The highest BCUT2D eigenvalue weighted by Gasteiger charge is 2.41. The lowest BCUT2D eigenvalue weighted by atomic mass is 9.88. The van der Waals surface area contributed by atoms with E-state index in [1.165, 1.54) is 18.9 Å². The van der Waals surface area contributed by atoms with E-state index >= 15 is 0 Å². The minimum Gasteiger partial charge on any atom is -0.390 e. The number of aliphatic hydroxyl groups is 1. The van der Waals surface area contributed by atoms with Crippen molar-refractivity contribution in [2.24, 2.45) is 0 Å². The first kappa shape index (κ1) is 25.1. The summed E-state index contributed by atoms with van der Waals surface area (Å²) in [6.07, 6.45) is 2.93. The summed E-state index contributed by atoms with van der Waals surface area (Å²) in [4.78, 5) is 7.40. The predicted octanol–water partition coefficient (Wildman–Crippen LogP) is 5.17. The molecule has 8 heteroatoms. The quantitative estimate of drug-likeness (QED) is 0.380. The number of halogens is 3. The van der Waals surface area contributed by atoms with Crippen LogP contribution in [0.3, 0.4) is 0 Å². The number of nitrogens with zero attached hydrogens (tertiary/aromatic N) is 2. The van der Waals surface area contributed by atoms with Gasteiger partial charge in [0.2, 0.25) is 0 Å². The third kappa shape index (κ3) is 4.86. The Morgan fingerprint density at radius 2 is 1.89 bits per heavy atom. The lowest BCUT2D eigenvalue weighted by Crippen LogP contribution is -2.54. The van der Waals surface area contributed by atoms with Crippen molar-refractivity contribution in [1.29, 1.82) is 0 Å². The van der Waals surface area contributed by atoms with Crippen LogP contribution in [0.1, 0.15) is 49.6 Å². The highest BCUT2D eigenvalue weighted by molar-refractivity contribution is 5.86. The second-order valence-corrected chi connectivity index (χ2v) is 10.4. The van der Waals surface area contributed by atoms with Crippen molar-refractivity contribution >= 4 is 16.6 Å². The van der Waals surface area contributed by atoms with Crippen LogP contribution in [0.2, 0.25) is 0 Å². The average molecular weight is 501 g/mol. The molecule has 3 aromatic rings. The normalized spacial score (nSPS) is 21.5. The molecule has 0 spiro atoms. The first-order valence-corrected chi connectivity index (χ1v) is 12.9. The highest BCUT2D eigenvalue weighted by Crippen LogP contribution is 2.42. The van der Waals surface area contributed by atoms with Crippen LogP contribution < -0.4 is 5.32 Å². The maximum atomic E-state index is 14.6. The SMILES string of the molecule is CCCCN1CC(Nc2ccc([C@@H]3c4[nH]c5c(F)cccc5c4C[C@@H](C)N3CC(F)(F)CO)cc2)C1. The molecule has 3 N–H and O–H groups in total. The summed E-state index contributed by atoms with van der Waals surface area (Å²) >= 11 is 0. The number of aromatic nitrogens is 1. The molecule has 194 valence electrons. The van der Waals surface area contributed by atoms with Gasteiger partial charge in [0.05, 0.1) is 24.1 Å². The molecule has 5 rings (SSSR count). The summed E-state index contributed by atoms with van der Waals surface area (Å²) in [5.74, 6) is -3.59. The molecule has 0 unspecified atom stereocenters. The summed E-state index contributed by atoms with van der Waals surface area (Å²) in [5, 5.41) is 13.6. The Balaban J connectivity index is 1.44. The Morgan fingerprint density at radius 3 is 2.58 bits per heavy atom. The summed E-state index contributed by atoms with van der Waals surface area (Å²) < 4.78 is 43.5. The lowest BCUT2D eigenvalue weighted by molar-refractivity contribution is -0.0864. The fourth-order valence-corrected chi connectivity index (χ4v) is 5.69. The molecule has 0 saturated carbocycles. The van der Waals surface area contributed by atoms with Crippen molar-refractivity contribution in [1.82, 2.24) is 14.8 Å². The van der Waals surface area contributed by atoms with Crippen molar-refractivity contribution in [3.8, 4) is 0 Å². The molecular weight excluding hydrogens is 465 g/mol. The second kappa shape index (κ2) is 10.1. The molecule has 2 aliphatic heterocycles. The molecule has 3 heterocycles. The van der Waals surface area contributed by atoms with Crippen molar-refractivity contribution in [2.75, 3.05) is 38.1 Å². The van der Waals surface area contributed by atoms with Crippen molar-refractivity contribution in [3.63, 3.8) is 0 Å². The van der Waals surface area contributed by atoms with Crippen LogP contribution in [0.4, 0.5) is 18.9 Å². The van der Waals surface area contributed by atoms with Crippen LogP contribution in [0.5, 0.6) is 0 Å². The zero-order valence-electron chi connectivity index (χ0n) is 20.9. The molecule has 1 fully saturated rings. The second-order valence-electron chi connectivity index (χ2n) is 10.4. The fourth-order valence-electron chi connectivity index (χ4n) is 5.69. The number of alkyl halides is 2. The van der Waals surface area contributed by atoms with E-state index < -0.39 is 25.1 Å². The number of unbranched alkanes of at least 4 members (excludes halogenated alkanes) is 1. The van der Waals surface area contributed by atoms with Crippen molar-refractivity contribution in [3.05, 3.63) is 65.1 Å². The molecule has 0 bridgehead atoms. The van der Waals surface area contributed by atoms with Gasteiger partial charge in [0.25, 0.3) is 5.92 Å². The fraction of sp³-hybridized carbons (Fsp3) is 0.500. The molecule has 2 atom stereocenters. The number of rotatable bonds is 9. The highest BCUT2D eigenvalue weighted by atomic mass is 19.3. The van der Waals surface area contributed by atoms with Crippen molar-refractivity contribution in [2.45, 2.75) is 57.2 Å². The summed E-state index contributed by atoms with van der Waals surface area (Å²) in [6.45, 7) is 5.50. The van der Waals surface area contributed by atoms with Gasteiger partial charge in [-0.25, -0.2) is 13.2 Å². The number of fused-ring (bicyclic) bond motifs is 3. The predicted molar refractivity (Wildman–Crippen MR) is 137 cm³/mol. The van der Waals surface area contributed by atoms with Gasteiger partial charge < -0.3 is 15.4 Å². The van der Waals surface area contributed by atoms with Gasteiger partial charge in [-0.05, 0) is 55.6 Å². The molecule has 0 radical (unpaired) electrons. The van der Waals surface area contributed by atoms with Crippen LogP contribution in [-0.2, 0) is 6.42 Å². The van der Waals surface area contributed by atoms with Crippen molar-refractivity contribution < 1.29 is 18.3 Å². The number of hydrogen-bond acceptors (Lipinski definition) is 4. The smallest absolute Gasteiger partial charge is 0.283 e. The van der Waals surface area contributed by atoms with Crippen LogP contribution in [-0.4, -0.2) is 70.7 Å². The Hall–Kier alpha value is -2.55. The summed E-state index contributed by atoms with van der Waals surface area (Å²) in [6, 6.07) is 12.6. The number of hydrogen-bond donors (Lipinski definition) is 3. The van der Waals surface area contributed by atoms with E-state index in [1.54, 1.807) is 11.0 Å². The maximum Gasteiger partial charge on any atom is 0.283 e. The molecule has 1 saturated heterocycles. The Kier molecular flexibility index (Phi) is 7.03. The number of para-hydroxylation sites is 1. The van der Waals surface area contributed by atoms with E-state index in [2.05, 4.69) is 22.1 Å². The molecule has 5 nitrogen and oxygen atoms in total. The zero-order valence-corrected chi connectivity index (χ0v) is 20.9. The molecular formula is C28H35F3N4O. The number of H-pyrrole nitrogens is 1. The first-order valence-electron chi connectivity index (χ1n) is 12.9. The average Bonchev–Trinajstić information content (AvgIpc) is 3.20. The lowest BCUT2D eigenvalue weighted by Gasteiger charge is -2.42. The van der Waals surface area contributed by atoms with Gasteiger partial charge in [-0.3, -0.25) is 9.80 Å². The molecule has 36 heavy (non-hydrogen) atoms. The van der Waals surface area contributed by atoms with E-state index in [0.29, 0.717) is 18.0 Å². The number of likely N-dealkylation sites (tertiary alicyclic amines) is 1. The van der Waals surface area contributed by atoms with Crippen LogP contribution in [0, 0.1) is 5.82 Å². The topological polar surface area (TPSA) is 54.5 Å². The summed E-state index contributed by atoms with van der Waals surface area (Å²) in [5.41, 5.74) is 3.97. The molecule has 0 amide bonds. The standard InChI is InChI=1S/C28H35F3N4O/c1-3-4-12-34-14-21(15-34)32-20-10-8-19(9-11-20)27-26-23(22-6-5-7-24(29)25(22)33-26)13-18(2)35(27)16-28(30,31)17-36/h5-11,18,21,27,32-33,36H,3-4,12-17H2,1-2H3/t18-,27-/m1/s1. The maximum absolute atomic E-state index is 14.6. The first-order chi connectivity index (χ1) is 17.3. The summed E-state index contributed by atoms with van der Waals surface area (Å²) in [7, 11) is 0. The molecule has 2 aliphatic rings. The van der Waals surface area contributed by atoms with E-state index in [-0.39, 0.29) is 11.9 Å². The third-order valence-electron chi connectivity index (χ3n) is 7.62. The van der Waals surface area contributed by atoms with E-state index in [9.17, 15) is 18.3 Å². The number of aromatic amines is 1. The monoisotopic (exact) mass is 500 g/mol. The minimum atomic E-state index is -3.24. The third-order valence-corrected chi connectivity index (χ3v) is 7.62. The van der Waals surface area contributed by atoms with Crippen LogP contribution in [0.15, 0.2) is 42.5 Å². The van der Waals surface area contributed by atoms with Crippen LogP contribution >= 0.6 is 0 Å². The molecule has 1 aromatic heterocycles. The van der Waals surface area contributed by atoms with Crippen LogP contribution in [0.25, 0.3) is 10.9 Å². The number of anilines is 1. The van der Waals surface area contributed by atoms with E-state index in [0.717, 1.165) is 47.5 Å². The van der Waals surface area contributed by atoms with Gasteiger partial charge in [0, 0.05) is 35.9 Å². The van der Waals surface area contributed by atoms with E-state index in [1.807, 2.05) is 37.3 Å². The van der Waals surface area contributed by atoms with Gasteiger partial charge in [0.15, 0.2) is 0 Å². The largest absolute Gasteiger partial charge is 0.390 e. The minimum absolute atomic E-state index is 0.218. The van der Waals surface area contributed by atoms with Gasteiger partial charge in [0.1, 0.15) is 12.4 Å².